The molecule has 5 heteroatoms. The highest BCUT2D eigenvalue weighted by molar-refractivity contribution is 7.98. The number of piperidine rings is 1. The first-order valence-electron chi connectivity index (χ1n) is 9.47. The van der Waals surface area contributed by atoms with Crippen LogP contribution in [-0.2, 0) is 13.6 Å². The standard InChI is InChI=1S/C22H25N3OS/c1-24-19-11-5-4-10-18(19)23-21(24)15-25-13-7-8-16(14-25)22(26)17-9-3-6-12-20(17)27-2/h3-6,9-12,16H,7-8,13-15H2,1-2H3. The molecule has 1 unspecified atom stereocenters. The van der Waals surface area contributed by atoms with Crippen LogP contribution in [0.2, 0.25) is 0 Å². The summed E-state index contributed by atoms with van der Waals surface area (Å²) in [6, 6.07) is 16.2. The molecule has 1 saturated heterocycles. The Morgan fingerprint density at radius 1 is 1.19 bits per heavy atom. The number of Topliss-reactive ketones (excluding diaryl/α,β-unsaturated/α-hetero) is 1. The number of hydrogen-bond acceptors (Lipinski definition) is 4. The largest absolute Gasteiger partial charge is 0.330 e. The van der Waals surface area contributed by atoms with Crippen molar-refractivity contribution in [2.24, 2.45) is 13.0 Å². The van der Waals surface area contributed by atoms with Gasteiger partial charge in [-0.15, -0.1) is 11.8 Å². The first-order chi connectivity index (χ1) is 13.2. The van der Waals surface area contributed by atoms with Gasteiger partial charge in [0.25, 0.3) is 0 Å². The zero-order chi connectivity index (χ0) is 18.8. The third kappa shape index (κ3) is 3.66. The van der Waals surface area contributed by atoms with Gasteiger partial charge in [-0.2, -0.15) is 0 Å². The maximum absolute atomic E-state index is 13.1. The number of likely N-dealkylation sites (tertiary alicyclic amines) is 1. The second-order valence-electron chi connectivity index (χ2n) is 7.21. The normalized spacial score (nSPS) is 18.1. The molecule has 0 spiro atoms. The molecule has 4 nitrogen and oxygen atoms in total. The molecule has 0 radical (unpaired) electrons. The molecule has 1 aliphatic heterocycles. The highest BCUT2D eigenvalue weighted by Crippen LogP contribution is 2.27. The lowest BCUT2D eigenvalue weighted by molar-refractivity contribution is 0.0804. The lowest BCUT2D eigenvalue weighted by Crippen LogP contribution is -2.38. The monoisotopic (exact) mass is 379 g/mol. The van der Waals surface area contributed by atoms with Crippen LogP contribution in [0.5, 0.6) is 0 Å². The number of carbonyl (C=O) groups is 1. The SMILES string of the molecule is CSc1ccccc1C(=O)C1CCCN(Cc2nc3ccccc3n2C)C1. The van der Waals surface area contributed by atoms with Gasteiger partial charge in [0.2, 0.25) is 0 Å². The zero-order valence-corrected chi connectivity index (χ0v) is 16.7. The molecule has 1 aromatic heterocycles. The Hall–Kier alpha value is -2.11. The Bertz CT molecular complexity index is 965. The predicted molar refractivity (Wildman–Crippen MR) is 111 cm³/mol. The molecule has 0 bridgehead atoms. The number of para-hydroxylation sites is 2. The van der Waals surface area contributed by atoms with Gasteiger partial charge in [0.05, 0.1) is 17.6 Å². The van der Waals surface area contributed by atoms with Crippen molar-refractivity contribution in [2.45, 2.75) is 24.3 Å². The van der Waals surface area contributed by atoms with E-state index < -0.39 is 0 Å². The van der Waals surface area contributed by atoms with E-state index in [1.807, 2.05) is 42.7 Å². The number of rotatable bonds is 5. The number of hydrogen-bond donors (Lipinski definition) is 0. The van der Waals surface area contributed by atoms with Crippen LogP contribution in [0.15, 0.2) is 53.4 Å². The van der Waals surface area contributed by atoms with E-state index in [4.69, 9.17) is 4.98 Å². The lowest BCUT2D eigenvalue weighted by Gasteiger charge is -2.32. The molecule has 2 aromatic carbocycles. The van der Waals surface area contributed by atoms with Gasteiger partial charge in [0.15, 0.2) is 5.78 Å². The van der Waals surface area contributed by atoms with Crippen molar-refractivity contribution in [3.63, 3.8) is 0 Å². The Labute approximate surface area is 164 Å². The number of imidazole rings is 1. The molecule has 140 valence electrons. The fourth-order valence-corrected chi connectivity index (χ4v) is 4.62. The van der Waals surface area contributed by atoms with Crippen molar-refractivity contribution >= 4 is 28.6 Å². The average molecular weight is 380 g/mol. The van der Waals surface area contributed by atoms with Crippen molar-refractivity contribution in [2.75, 3.05) is 19.3 Å². The Morgan fingerprint density at radius 2 is 1.96 bits per heavy atom. The van der Waals surface area contributed by atoms with Gasteiger partial charge in [0.1, 0.15) is 5.82 Å². The fraction of sp³-hybridized carbons (Fsp3) is 0.364. The summed E-state index contributed by atoms with van der Waals surface area (Å²) in [5.74, 6) is 1.42. The molecule has 3 aromatic rings. The molecule has 1 aliphatic rings. The Kier molecular flexibility index (Phi) is 5.32. The number of fused-ring (bicyclic) bond motifs is 1. The molecule has 0 aliphatic carbocycles. The Morgan fingerprint density at radius 3 is 2.78 bits per heavy atom. The lowest BCUT2D eigenvalue weighted by atomic mass is 9.90. The molecule has 1 atom stereocenters. The summed E-state index contributed by atoms with van der Waals surface area (Å²) in [4.78, 5) is 21.4. The van der Waals surface area contributed by atoms with E-state index in [0.29, 0.717) is 0 Å². The molecular weight excluding hydrogens is 354 g/mol. The maximum Gasteiger partial charge on any atom is 0.168 e. The molecule has 4 rings (SSSR count). The molecule has 1 fully saturated rings. The Balaban J connectivity index is 1.51. The zero-order valence-electron chi connectivity index (χ0n) is 15.9. The molecular formula is C22H25N3OS. The number of carbonyl (C=O) groups excluding carboxylic acids is 1. The van der Waals surface area contributed by atoms with E-state index in [1.54, 1.807) is 11.8 Å². The second-order valence-corrected chi connectivity index (χ2v) is 8.06. The molecule has 2 heterocycles. The van der Waals surface area contributed by atoms with E-state index in [1.165, 1.54) is 0 Å². The van der Waals surface area contributed by atoms with E-state index >= 15 is 0 Å². The van der Waals surface area contributed by atoms with E-state index in [-0.39, 0.29) is 11.7 Å². The van der Waals surface area contributed by atoms with Crippen LogP contribution in [0.25, 0.3) is 11.0 Å². The number of thioether (sulfide) groups is 1. The molecule has 0 amide bonds. The number of nitrogens with zero attached hydrogens (tertiary/aromatic N) is 3. The van der Waals surface area contributed by atoms with E-state index in [2.05, 4.69) is 28.6 Å². The summed E-state index contributed by atoms with van der Waals surface area (Å²) in [6.45, 7) is 2.63. The van der Waals surface area contributed by atoms with Crippen LogP contribution in [0.4, 0.5) is 0 Å². The van der Waals surface area contributed by atoms with Gasteiger partial charge in [-0.05, 0) is 43.8 Å². The fourth-order valence-electron chi connectivity index (χ4n) is 4.02. The van der Waals surface area contributed by atoms with Crippen molar-refractivity contribution in [3.8, 4) is 0 Å². The highest BCUT2D eigenvalue weighted by Gasteiger charge is 2.28. The minimum atomic E-state index is 0.0711. The van der Waals surface area contributed by atoms with Crippen LogP contribution in [0.3, 0.4) is 0 Å². The van der Waals surface area contributed by atoms with Gasteiger partial charge in [-0.1, -0.05) is 30.3 Å². The summed E-state index contributed by atoms with van der Waals surface area (Å²) in [6.07, 6.45) is 4.06. The van der Waals surface area contributed by atoms with Crippen LogP contribution in [0, 0.1) is 5.92 Å². The van der Waals surface area contributed by atoms with Gasteiger partial charge >= 0.3 is 0 Å². The third-order valence-electron chi connectivity index (χ3n) is 5.49. The van der Waals surface area contributed by atoms with Crippen LogP contribution < -0.4 is 0 Å². The summed E-state index contributed by atoms with van der Waals surface area (Å²) in [7, 11) is 2.08. The maximum atomic E-state index is 13.1. The third-order valence-corrected chi connectivity index (χ3v) is 6.29. The summed E-state index contributed by atoms with van der Waals surface area (Å²) in [5, 5.41) is 0. The average Bonchev–Trinajstić information content (AvgIpc) is 3.03. The minimum absolute atomic E-state index is 0.0711. The van der Waals surface area contributed by atoms with Gasteiger partial charge in [-0.3, -0.25) is 9.69 Å². The van der Waals surface area contributed by atoms with Gasteiger partial charge < -0.3 is 4.57 Å². The van der Waals surface area contributed by atoms with Crippen molar-refractivity contribution in [3.05, 3.63) is 59.9 Å². The quantitative estimate of drug-likeness (QED) is 0.487. The first kappa shape index (κ1) is 18.3. The second kappa shape index (κ2) is 7.87. The van der Waals surface area contributed by atoms with Crippen molar-refractivity contribution in [1.29, 1.82) is 0 Å². The molecule has 27 heavy (non-hydrogen) atoms. The van der Waals surface area contributed by atoms with Gasteiger partial charge in [0, 0.05) is 30.0 Å². The number of benzene rings is 2. The summed E-state index contributed by atoms with van der Waals surface area (Å²) in [5.41, 5.74) is 3.07. The topological polar surface area (TPSA) is 38.1 Å². The van der Waals surface area contributed by atoms with E-state index in [9.17, 15) is 4.79 Å². The molecule has 0 saturated carbocycles. The first-order valence-corrected chi connectivity index (χ1v) is 10.7. The van der Waals surface area contributed by atoms with Crippen molar-refractivity contribution < 1.29 is 4.79 Å². The van der Waals surface area contributed by atoms with Gasteiger partial charge in [-0.25, -0.2) is 4.98 Å². The number of aromatic nitrogens is 2. The smallest absolute Gasteiger partial charge is 0.168 e. The summed E-state index contributed by atoms with van der Waals surface area (Å²) < 4.78 is 2.17. The minimum Gasteiger partial charge on any atom is -0.330 e. The van der Waals surface area contributed by atoms with Crippen LogP contribution >= 0.6 is 11.8 Å². The molecule has 0 N–H and O–H groups in total. The summed E-state index contributed by atoms with van der Waals surface area (Å²) >= 11 is 1.65. The number of aryl methyl sites for hydroxylation is 1. The predicted octanol–water partition coefficient (Wildman–Crippen LogP) is 4.39. The van der Waals surface area contributed by atoms with E-state index in [0.717, 1.165) is 59.8 Å². The highest BCUT2D eigenvalue weighted by atomic mass is 32.2. The van der Waals surface area contributed by atoms with Crippen LogP contribution in [-0.4, -0.2) is 39.6 Å². The van der Waals surface area contributed by atoms with Crippen molar-refractivity contribution in [1.82, 2.24) is 14.5 Å². The van der Waals surface area contributed by atoms with Crippen LogP contribution in [0.1, 0.15) is 29.0 Å². The number of ketones is 1.